The lowest BCUT2D eigenvalue weighted by Crippen LogP contribution is -2.43. The molecule has 0 amide bonds. The van der Waals surface area contributed by atoms with Crippen LogP contribution in [0.1, 0.15) is 33.1 Å². The Bertz CT molecular complexity index is 310. The van der Waals surface area contributed by atoms with Gasteiger partial charge in [-0.15, -0.1) is 0 Å². The number of nitrogens with one attached hydrogen (secondary N) is 1. The van der Waals surface area contributed by atoms with E-state index in [9.17, 15) is 9.90 Å². The highest BCUT2D eigenvalue weighted by Crippen LogP contribution is 2.20. The number of aliphatic hydroxyl groups is 1. The number of aliphatic carboxylic acids is 1. The largest absolute Gasteiger partial charge is 0.481 e. The van der Waals surface area contributed by atoms with Crippen molar-refractivity contribution >= 4 is 11.9 Å². The van der Waals surface area contributed by atoms with Gasteiger partial charge in [-0.1, -0.05) is 0 Å². The molecule has 0 saturated carbocycles. The lowest BCUT2D eigenvalue weighted by atomic mass is 9.91. The fourth-order valence-electron chi connectivity index (χ4n) is 1.96. The maximum atomic E-state index is 11.2. The maximum absolute atomic E-state index is 11.2. The zero-order valence-corrected chi connectivity index (χ0v) is 10.3. The molecule has 0 aromatic rings. The number of carboxylic acid groups (broad SMARTS) is 1. The molecule has 0 saturated heterocycles. The summed E-state index contributed by atoms with van der Waals surface area (Å²) in [5.41, 5.74) is 4.72. The summed E-state index contributed by atoms with van der Waals surface area (Å²) in [5.74, 6) is -1.05. The standard InChI is InChI=1S/C11H21N3O3/c1-11(2,17)5-3-4-7(9(15)16)8-6-13-10(12)14-8/h7-8,17H,3-6H2,1-2H3,(H,15,16)(H3,12,13,14)/t7-,8+/m1/s1. The van der Waals surface area contributed by atoms with Crippen molar-refractivity contribution in [1.29, 1.82) is 0 Å². The van der Waals surface area contributed by atoms with Gasteiger partial charge in [-0.25, -0.2) is 0 Å². The Morgan fingerprint density at radius 3 is 2.76 bits per heavy atom. The van der Waals surface area contributed by atoms with Gasteiger partial charge < -0.3 is 21.3 Å². The van der Waals surface area contributed by atoms with E-state index in [0.29, 0.717) is 31.8 Å². The quantitative estimate of drug-likeness (QED) is 0.521. The van der Waals surface area contributed by atoms with Gasteiger partial charge in [0, 0.05) is 0 Å². The van der Waals surface area contributed by atoms with Crippen LogP contribution in [0.5, 0.6) is 0 Å². The third-order valence-corrected chi connectivity index (χ3v) is 2.90. The second-order valence-electron chi connectivity index (χ2n) is 5.13. The van der Waals surface area contributed by atoms with Crippen LogP contribution in [0, 0.1) is 5.92 Å². The molecule has 1 rings (SSSR count). The molecule has 0 spiro atoms. The predicted molar refractivity (Wildman–Crippen MR) is 64.7 cm³/mol. The average molecular weight is 243 g/mol. The summed E-state index contributed by atoms with van der Waals surface area (Å²) < 4.78 is 0. The summed E-state index contributed by atoms with van der Waals surface area (Å²) >= 11 is 0. The Hall–Kier alpha value is -1.30. The van der Waals surface area contributed by atoms with E-state index in [1.807, 2.05) is 0 Å². The van der Waals surface area contributed by atoms with Crippen LogP contribution in [0.4, 0.5) is 0 Å². The third kappa shape index (κ3) is 4.60. The number of aliphatic imine (C=N–C) groups is 1. The van der Waals surface area contributed by atoms with Crippen molar-refractivity contribution in [3.63, 3.8) is 0 Å². The first-order valence-electron chi connectivity index (χ1n) is 5.81. The number of nitrogens with zero attached hydrogens (tertiary/aromatic N) is 1. The number of carbonyl (C=O) groups is 1. The summed E-state index contributed by atoms with van der Waals surface area (Å²) in [7, 11) is 0. The van der Waals surface area contributed by atoms with Gasteiger partial charge in [-0.05, 0) is 33.1 Å². The highest BCUT2D eigenvalue weighted by molar-refractivity contribution is 5.81. The van der Waals surface area contributed by atoms with Crippen LogP contribution in [0.25, 0.3) is 0 Å². The lowest BCUT2D eigenvalue weighted by Gasteiger charge is -2.22. The van der Waals surface area contributed by atoms with E-state index in [1.54, 1.807) is 13.8 Å². The molecule has 0 aromatic heterocycles. The minimum Gasteiger partial charge on any atom is -0.481 e. The number of rotatable bonds is 6. The normalized spacial score (nSPS) is 21.8. The number of guanidine groups is 1. The van der Waals surface area contributed by atoms with Gasteiger partial charge in [0.1, 0.15) is 0 Å². The Kier molecular flexibility index (Phi) is 4.34. The molecule has 0 fully saturated rings. The summed E-state index contributed by atoms with van der Waals surface area (Å²) in [6, 6.07) is -0.227. The zero-order chi connectivity index (χ0) is 13.1. The first-order valence-corrected chi connectivity index (χ1v) is 5.81. The Balaban J connectivity index is 2.43. The molecule has 1 heterocycles. The van der Waals surface area contributed by atoms with E-state index in [2.05, 4.69) is 10.3 Å². The van der Waals surface area contributed by atoms with Crippen LogP contribution in [0.3, 0.4) is 0 Å². The molecule has 0 aromatic carbocycles. The molecule has 6 heteroatoms. The van der Waals surface area contributed by atoms with Crippen LogP contribution >= 0.6 is 0 Å². The second-order valence-corrected chi connectivity index (χ2v) is 5.13. The van der Waals surface area contributed by atoms with Crippen molar-refractivity contribution < 1.29 is 15.0 Å². The number of nitrogens with two attached hydrogens (primary N) is 1. The smallest absolute Gasteiger partial charge is 0.308 e. The lowest BCUT2D eigenvalue weighted by molar-refractivity contribution is -0.142. The van der Waals surface area contributed by atoms with Gasteiger partial charge in [0.25, 0.3) is 0 Å². The Morgan fingerprint density at radius 1 is 1.71 bits per heavy atom. The van der Waals surface area contributed by atoms with E-state index in [0.717, 1.165) is 0 Å². The molecule has 17 heavy (non-hydrogen) atoms. The molecule has 1 aliphatic rings. The molecule has 0 unspecified atom stereocenters. The fraction of sp³-hybridized carbons (Fsp3) is 0.818. The highest BCUT2D eigenvalue weighted by atomic mass is 16.4. The topological polar surface area (TPSA) is 108 Å². The third-order valence-electron chi connectivity index (χ3n) is 2.90. The van der Waals surface area contributed by atoms with Crippen molar-refractivity contribution in [3.8, 4) is 0 Å². The minimum absolute atomic E-state index is 0.227. The van der Waals surface area contributed by atoms with Crippen molar-refractivity contribution in [2.45, 2.75) is 44.8 Å². The van der Waals surface area contributed by atoms with Gasteiger partial charge in [0.05, 0.1) is 24.1 Å². The monoisotopic (exact) mass is 243 g/mol. The van der Waals surface area contributed by atoms with Crippen LogP contribution < -0.4 is 11.1 Å². The van der Waals surface area contributed by atoms with Crippen LogP contribution in [-0.4, -0.2) is 40.3 Å². The molecular formula is C11H21N3O3. The number of hydrogen-bond acceptors (Lipinski definition) is 5. The van der Waals surface area contributed by atoms with E-state index < -0.39 is 17.5 Å². The summed E-state index contributed by atoms with van der Waals surface area (Å²) in [4.78, 5) is 15.1. The Morgan fingerprint density at radius 2 is 2.35 bits per heavy atom. The predicted octanol–water partition coefficient (Wildman–Crippen LogP) is -0.0851. The van der Waals surface area contributed by atoms with Gasteiger partial charge in [0.2, 0.25) is 0 Å². The number of carboxylic acids is 1. The first kappa shape index (κ1) is 13.8. The van der Waals surface area contributed by atoms with Gasteiger partial charge in [-0.2, -0.15) is 0 Å². The molecule has 0 aliphatic carbocycles. The molecule has 5 N–H and O–H groups in total. The second kappa shape index (κ2) is 5.35. The SMILES string of the molecule is CC(C)(O)CCC[C@@H](C(=O)O)[C@@H]1CN=C(N)N1. The molecule has 0 bridgehead atoms. The van der Waals surface area contributed by atoms with Crippen molar-refractivity contribution in [1.82, 2.24) is 5.32 Å². The van der Waals surface area contributed by atoms with Crippen molar-refractivity contribution in [2.75, 3.05) is 6.54 Å². The highest BCUT2D eigenvalue weighted by Gasteiger charge is 2.31. The molecular weight excluding hydrogens is 222 g/mol. The van der Waals surface area contributed by atoms with Gasteiger partial charge in [0.15, 0.2) is 5.96 Å². The van der Waals surface area contributed by atoms with Gasteiger partial charge >= 0.3 is 5.97 Å². The van der Waals surface area contributed by atoms with Crippen molar-refractivity contribution in [3.05, 3.63) is 0 Å². The molecule has 1 aliphatic heterocycles. The summed E-state index contributed by atoms with van der Waals surface area (Å²) in [5, 5.41) is 21.6. The maximum Gasteiger partial charge on any atom is 0.308 e. The minimum atomic E-state index is -0.844. The summed E-state index contributed by atoms with van der Waals surface area (Å²) in [6.07, 6.45) is 1.76. The van der Waals surface area contributed by atoms with E-state index in [-0.39, 0.29) is 6.04 Å². The molecule has 6 nitrogen and oxygen atoms in total. The van der Waals surface area contributed by atoms with E-state index in [4.69, 9.17) is 10.8 Å². The van der Waals surface area contributed by atoms with Crippen LogP contribution in [0.2, 0.25) is 0 Å². The zero-order valence-electron chi connectivity index (χ0n) is 10.3. The fourth-order valence-corrected chi connectivity index (χ4v) is 1.96. The summed E-state index contributed by atoms with van der Waals surface area (Å²) in [6.45, 7) is 3.85. The van der Waals surface area contributed by atoms with E-state index in [1.165, 1.54) is 0 Å². The van der Waals surface area contributed by atoms with Crippen LogP contribution in [0.15, 0.2) is 4.99 Å². The van der Waals surface area contributed by atoms with Crippen molar-refractivity contribution in [2.24, 2.45) is 16.6 Å². The van der Waals surface area contributed by atoms with Gasteiger partial charge in [-0.3, -0.25) is 9.79 Å². The van der Waals surface area contributed by atoms with Crippen LogP contribution in [-0.2, 0) is 4.79 Å². The first-order chi connectivity index (χ1) is 7.79. The van der Waals surface area contributed by atoms with E-state index >= 15 is 0 Å². The molecule has 0 radical (unpaired) electrons. The molecule has 2 atom stereocenters. The Labute approximate surface area is 101 Å². The molecule has 98 valence electrons. The average Bonchev–Trinajstić information content (AvgIpc) is 2.57. The number of hydrogen-bond donors (Lipinski definition) is 4.